The lowest BCUT2D eigenvalue weighted by Gasteiger charge is -2.34. The van der Waals surface area contributed by atoms with Gasteiger partial charge in [-0.3, -0.25) is 9.69 Å². The number of nitrogens with one attached hydrogen (secondary N) is 1. The van der Waals surface area contributed by atoms with Crippen LogP contribution in [0.25, 0.3) is 0 Å². The van der Waals surface area contributed by atoms with Crippen LogP contribution in [0.3, 0.4) is 0 Å². The molecule has 0 aromatic heterocycles. The van der Waals surface area contributed by atoms with Crippen molar-refractivity contribution in [3.8, 4) is 0 Å². The molecule has 0 bridgehead atoms. The molecule has 1 heterocycles. The van der Waals surface area contributed by atoms with E-state index in [0.717, 1.165) is 51.7 Å². The minimum Gasteiger partial charge on any atom is -0.354 e. The molecule has 4 heteroatoms. The molecule has 1 fully saturated rings. The third-order valence-electron chi connectivity index (χ3n) is 5.44. The first kappa shape index (κ1) is 16.5. The number of hydrogen-bond acceptors (Lipinski definition) is 3. The number of amides is 1. The molecule has 3 atom stereocenters. The van der Waals surface area contributed by atoms with Gasteiger partial charge in [-0.05, 0) is 43.7 Å². The molecule has 3 unspecified atom stereocenters. The SMILES string of the molecule is CC(CNC(=O)C1CCCC(N)C1)N1CCc2ccccc2C1. The van der Waals surface area contributed by atoms with Gasteiger partial charge in [0.1, 0.15) is 0 Å². The van der Waals surface area contributed by atoms with Crippen LogP contribution in [0.4, 0.5) is 0 Å². The number of nitrogens with two attached hydrogens (primary N) is 1. The van der Waals surface area contributed by atoms with Crippen molar-refractivity contribution < 1.29 is 4.79 Å². The molecule has 0 radical (unpaired) electrons. The van der Waals surface area contributed by atoms with Crippen molar-refractivity contribution in [3.05, 3.63) is 35.4 Å². The Labute approximate surface area is 139 Å². The quantitative estimate of drug-likeness (QED) is 0.894. The Kier molecular flexibility index (Phi) is 5.34. The van der Waals surface area contributed by atoms with Crippen LogP contribution in [0.2, 0.25) is 0 Å². The van der Waals surface area contributed by atoms with E-state index in [9.17, 15) is 4.79 Å². The van der Waals surface area contributed by atoms with Crippen LogP contribution in [0, 0.1) is 5.92 Å². The van der Waals surface area contributed by atoms with Crippen LogP contribution in [0.15, 0.2) is 24.3 Å². The molecule has 3 N–H and O–H groups in total. The summed E-state index contributed by atoms with van der Waals surface area (Å²) in [4.78, 5) is 14.8. The predicted octanol–water partition coefficient (Wildman–Crippen LogP) is 2.07. The van der Waals surface area contributed by atoms with Gasteiger partial charge in [0.25, 0.3) is 0 Å². The number of carbonyl (C=O) groups excluding carboxylic acids is 1. The number of fused-ring (bicyclic) bond motifs is 1. The Bertz CT molecular complexity index is 545. The highest BCUT2D eigenvalue weighted by Gasteiger charge is 2.26. The van der Waals surface area contributed by atoms with Crippen molar-refractivity contribution in [2.24, 2.45) is 11.7 Å². The normalized spacial score (nSPS) is 26.3. The third-order valence-corrected chi connectivity index (χ3v) is 5.44. The second-order valence-electron chi connectivity index (χ2n) is 7.21. The number of rotatable bonds is 4. The molecule has 0 saturated heterocycles. The maximum Gasteiger partial charge on any atom is 0.223 e. The van der Waals surface area contributed by atoms with Crippen molar-refractivity contribution in [2.75, 3.05) is 13.1 Å². The molecule has 2 aliphatic rings. The zero-order chi connectivity index (χ0) is 16.2. The van der Waals surface area contributed by atoms with Gasteiger partial charge in [0.2, 0.25) is 5.91 Å². The van der Waals surface area contributed by atoms with Gasteiger partial charge in [0.05, 0.1) is 0 Å². The first-order valence-corrected chi connectivity index (χ1v) is 8.97. The summed E-state index contributed by atoms with van der Waals surface area (Å²) in [5.74, 6) is 0.317. The average molecular weight is 315 g/mol. The van der Waals surface area contributed by atoms with Crippen molar-refractivity contribution in [1.82, 2.24) is 10.2 Å². The summed E-state index contributed by atoms with van der Waals surface area (Å²) in [6.07, 6.45) is 5.08. The van der Waals surface area contributed by atoms with Crippen molar-refractivity contribution in [1.29, 1.82) is 0 Å². The van der Waals surface area contributed by atoms with Gasteiger partial charge in [-0.15, -0.1) is 0 Å². The first-order valence-electron chi connectivity index (χ1n) is 8.97. The van der Waals surface area contributed by atoms with Crippen molar-refractivity contribution in [2.45, 2.75) is 57.7 Å². The first-order chi connectivity index (χ1) is 11.1. The lowest BCUT2D eigenvalue weighted by Crippen LogP contribution is -2.46. The molecule has 1 aromatic rings. The summed E-state index contributed by atoms with van der Waals surface area (Å²) in [6, 6.07) is 9.25. The maximum absolute atomic E-state index is 12.3. The zero-order valence-electron chi connectivity index (χ0n) is 14.1. The topological polar surface area (TPSA) is 58.4 Å². The van der Waals surface area contributed by atoms with Gasteiger partial charge in [0, 0.05) is 37.6 Å². The highest BCUT2D eigenvalue weighted by Crippen LogP contribution is 2.23. The molecular weight excluding hydrogens is 286 g/mol. The molecule has 1 aliphatic heterocycles. The number of nitrogens with zero attached hydrogens (tertiary/aromatic N) is 1. The second kappa shape index (κ2) is 7.45. The van der Waals surface area contributed by atoms with Crippen LogP contribution >= 0.6 is 0 Å². The molecule has 1 aromatic carbocycles. The van der Waals surface area contributed by atoms with Crippen LogP contribution in [-0.2, 0) is 17.8 Å². The van der Waals surface area contributed by atoms with E-state index in [0.29, 0.717) is 6.04 Å². The molecule has 23 heavy (non-hydrogen) atoms. The zero-order valence-corrected chi connectivity index (χ0v) is 14.1. The Morgan fingerprint density at radius 3 is 2.91 bits per heavy atom. The minimum absolute atomic E-state index is 0.119. The Balaban J connectivity index is 1.48. The molecule has 1 saturated carbocycles. The van der Waals surface area contributed by atoms with Crippen LogP contribution < -0.4 is 11.1 Å². The highest BCUT2D eigenvalue weighted by molar-refractivity contribution is 5.78. The smallest absolute Gasteiger partial charge is 0.223 e. The van der Waals surface area contributed by atoms with E-state index >= 15 is 0 Å². The largest absolute Gasteiger partial charge is 0.354 e. The van der Waals surface area contributed by atoms with E-state index < -0.39 is 0 Å². The van der Waals surface area contributed by atoms with Gasteiger partial charge in [-0.25, -0.2) is 0 Å². The molecule has 1 amide bonds. The molecule has 1 aliphatic carbocycles. The van der Waals surface area contributed by atoms with E-state index in [-0.39, 0.29) is 17.9 Å². The lowest BCUT2D eigenvalue weighted by molar-refractivity contribution is -0.126. The maximum atomic E-state index is 12.3. The van der Waals surface area contributed by atoms with E-state index in [1.54, 1.807) is 0 Å². The summed E-state index contributed by atoms with van der Waals surface area (Å²) >= 11 is 0. The molecule has 0 spiro atoms. The summed E-state index contributed by atoms with van der Waals surface area (Å²) in [5.41, 5.74) is 8.89. The van der Waals surface area contributed by atoms with E-state index in [4.69, 9.17) is 5.73 Å². The monoisotopic (exact) mass is 315 g/mol. The van der Waals surface area contributed by atoms with E-state index in [1.807, 2.05) is 0 Å². The minimum atomic E-state index is 0.119. The number of hydrogen-bond donors (Lipinski definition) is 2. The predicted molar refractivity (Wildman–Crippen MR) is 93.0 cm³/mol. The Morgan fingerprint density at radius 1 is 1.35 bits per heavy atom. The third kappa shape index (κ3) is 4.12. The van der Waals surface area contributed by atoms with Gasteiger partial charge in [-0.1, -0.05) is 30.7 Å². The summed E-state index contributed by atoms with van der Waals surface area (Å²) in [7, 11) is 0. The Morgan fingerprint density at radius 2 is 2.13 bits per heavy atom. The molecule has 126 valence electrons. The fraction of sp³-hybridized carbons (Fsp3) is 0.632. The molecule has 4 nitrogen and oxygen atoms in total. The standard InChI is InChI=1S/C19H29N3O/c1-14(12-21-19(23)16-7-4-8-18(20)11-16)22-10-9-15-5-2-3-6-17(15)13-22/h2-3,5-6,14,16,18H,4,7-13,20H2,1H3,(H,21,23). The molecular formula is C19H29N3O. The van der Waals surface area contributed by atoms with Gasteiger partial charge < -0.3 is 11.1 Å². The summed E-state index contributed by atoms with van der Waals surface area (Å²) in [6.45, 7) is 5.00. The van der Waals surface area contributed by atoms with Crippen molar-refractivity contribution in [3.63, 3.8) is 0 Å². The van der Waals surface area contributed by atoms with Crippen LogP contribution in [-0.4, -0.2) is 36.0 Å². The summed E-state index contributed by atoms with van der Waals surface area (Å²) < 4.78 is 0. The highest BCUT2D eigenvalue weighted by atomic mass is 16.1. The second-order valence-corrected chi connectivity index (χ2v) is 7.21. The number of benzene rings is 1. The fourth-order valence-electron chi connectivity index (χ4n) is 3.88. The Hall–Kier alpha value is -1.39. The van der Waals surface area contributed by atoms with E-state index in [1.165, 1.54) is 11.1 Å². The average Bonchev–Trinajstić information content (AvgIpc) is 2.59. The van der Waals surface area contributed by atoms with Crippen LogP contribution in [0.5, 0.6) is 0 Å². The van der Waals surface area contributed by atoms with Crippen LogP contribution in [0.1, 0.15) is 43.7 Å². The molecule has 3 rings (SSSR count). The van der Waals surface area contributed by atoms with E-state index in [2.05, 4.69) is 41.4 Å². The fourth-order valence-corrected chi connectivity index (χ4v) is 3.88. The summed E-state index contributed by atoms with van der Waals surface area (Å²) in [5, 5.41) is 3.16. The van der Waals surface area contributed by atoms with Gasteiger partial charge in [0.15, 0.2) is 0 Å². The van der Waals surface area contributed by atoms with Gasteiger partial charge >= 0.3 is 0 Å². The van der Waals surface area contributed by atoms with Crippen molar-refractivity contribution >= 4 is 5.91 Å². The number of carbonyl (C=O) groups is 1. The van der Waals surface area contributed by atoms with Gasteiger partial charge in [-0.2, -0.15) is 0 Å². The lowest BCUT2D eigenvalue weighted by atomic mass is 9.85.